The first-order chi connectivity index (χ1) is 16.7. The van der Waals surface area contributed by atoms with E-state index in [0.717, 1.165) is 36.1 Å². The summed E-state index contributed by atoms with van der Waals surface area (Å²) < 4.78 is 30.1. The number of hydrogen-bond acceptors (Lipinski definition) is 5. The Morgan fingerprint density at radius 1 is 0.971 bits per heavy atom. The lowest BCUT2D eigenvalue weighted by atomic mass is 9.91. The van der Waals surface area contributed by atoms with E-state index in [0.29, 0.717) is 43.3 Å². The number of likely N-dealkylation sites (tertiary alicyclic amines) is 1. The highest BCUT2D eigenvalue weighted by molar-refractivity contribution is 7.89. The number of amides is 1. The fourth-order valence-corrected chi connectivity index (χ4v) is 7.05. The van der Waals surface area contributed by atoms with Crippen molar-refractivity contribution in [1.82, 2.24) is 24.2 Å². The summed E-state index contributed by atoms with van der Waals surface area (Å²) in [6.07, 6.45) is 2.48. The highest BCUT2D eigenvalue weighted by Gasteiger charge is 2.32. The zero-order valence-corrected chi connectivity index (χ0v) is 21.4. The molecule has 3 heterocycles. The van der Waals surface area contributed by atoms with E-state index in [1.807, 2.05) is 34.7 Å². The fourth-order valence-electron chi connectivity index (χ4n) is 5.58. The van der Waals surface area contributed by atoms with Crippen LogP contribution < -0.4 is 0 Å². The molecule has 2 aliphatic rings. The Balaban J connectivity index is 1.26. The van der Waals surface area contributed by atoms with E-state index < -0.39 is 10.0 Å². The Hall–Kier alpha value is -2.78. The predicted octanol–water partition coefficient (Wildman–Crippen LogP) is 3.88. The summed E-state index contributed by atoms with van der Waals surface area (Å²) >= 11 is 0. The number of fused-ring (bicyclic) bond motifs is 1. The molecule has 0 radical (unpaired) electrons. The Labute approximate surface area is 207 Å². The molecule has 0 saturated carbocycles. The Morgan fingerprint density at radius 3 is 2.29 bits per heavy atom. The largest absolute Gasteiger partial charge is 0.338 e. The molecule has 2 atom stereocenters. The zero-order valence-electron chi connectivity index (χ0n) is 20.6. The van der Waals surface area contributed by atoms with E-state index in [1.54, 1.807) is 24.3 Å². The molecule has 9 heteroatoms. The molecule has 8 nitrogen and oxygen atoms in total. The lowest BCUT2D eigenvalue weighted by Gasteiger charge is -2.35. The summed E-state index contributed by atoms with van der Waals surface area (Å²) in [5.41, 5.74) is 3.52. The van der Waals surface area contributed by atoms with Crippen molar-refractivity contribution in [3.05, 3.63) is 53.6 Å². The van der Waals surface area contributed by atoms with Gasteiger partial charge in [-0.3, -0.25) is 4.79 Å². The third kappa shape index (κ3) is 4.71. The number of rotatable bonds is 4. The molecule has 1 aromatic heterocycles. The zero-order chi connectivity index (χ0) is 24.7. The Bertz CT molecular complexity index is 1320. The van der Waals surface area contributed by atoms with E-state index in [-0.39, 0.29) is 16.8 Å². The quantitative estimate of drug-likeness (QED) is 0.548. The number of aromatic nitrogens is 3. The van der Waals surface area contributed by atoms with Gasteiger partial charge in [-0.25, -0.2) is 13.1 Å². The van der Waals surface area contributed by atoms with Crippen LogP contribution in [0.25, 0.3) is 11.0 Å². The van der Waals surface area contributed by atoms with Crippen molar-refractivity contribution >= 4 is 27.0 Å². The van der Waals surface area contributed by atoms with E-state index in [4.69, 9.17) is 0 Å². The molecule has 2 aliphatic heterocycles. The minimum absolute atomic E-state index is 0.0246. The van der Waals surface area contributed by atoms with Crippen LogP contribution in [0.1, 0.15) is 55.1 Å². The monoisotopic (exact) mass is 495 g/mol. The average molecular weight is 496 g/mol. The smallest absolute Gasteiger partial charge is 0.253 e. The topological polar surface area (TPSA) is 88.4 Å². The van der Waals surface area contributed by atoms with Gasteiger partial charge in [0.2, 0.25) is 10.0 Å². The summed E-state index contributed by atoms with van der Waals surface area (Å²) in [7, 11) is -3.62. The van der Waals surface area contributed by atoms with Gasteiger partial charge < -0.3 is 4.90 Å². The number of carbonyl (C=O) groups is 1. The van der Waals surface area contributed by atoms with Crippen LogP contribution >= 0.6 is 0 Å². The minimum atomic E-state index is -3.62. The molecule has 2 fully saturated rings. The van der Waals surface area contributed by atoms with Gasteiger partial charge in [-0.1, -0.05) is 25.1 Å². The normalized spacial score (nSPS) is 22.5. The van der Waals surface area contributed by atoms with Crippen molar-refractivity contribution in [2.75, 3.05) is 26.2 Å². The van der Waals surface area contributed by atoms with Crippen LogP contribution in [0.15, 0.2) is 47.4 Å². The molecule has 5 rings (SSSR count). The highest BCUT2D eigenvalue weighted by atomic mass is 32.2. The van der Waals surface area contributed by atoms with E-state index in [9.17, 15) is 13.2 Å². The number of carbonyl (C=O) groups excluding carboxylic acids is 1. The predicted molar refractivity (Wildman–Crippen MR) is 135 cm³/mol. The summed E-state index contributed by atoms with van der Waals surface area (Å²) in [5, 5.41) is 8.63. The average Bonchev–Trinajstić information content (AvgIpc) is 3.26. The van der Waals surface area contributed by atoms with Gasteiger partial charge in [0.25, 0.3) is 5.91 Å². The molecule has 0 N–H and O–H groups in total. The van der Waals surface area contributed by atoms with Gasteiger partial charge in [0.05, 0.1) is 16.5 Å². The lowest BCUT2D eigenvalue weighted by molar-refractivity contribution is 0.0623. The first kappa shape index (κ1) is 23.9. The third-order valence-electron chi connectivity index (χ3n) is 7.29. The van der Waals surface area contributed by atoms with E-state index >= 15 is 0 Å². The molecule has 0 spiro atoms. The van der Waals surface area contributed by atoms with Crippen LogP contribution in [0.4, 0.5) is 0 Å². The molecule has 2 saturated heterocycles. The van der Waals surface area contributed by atoms with Crippen LogP contribution in [-0.4, -0.2) is 64.7 Å². The van der Waals surface area contributed by atoms with Crippen molar-refractivity contribution in [3.63, 3.8) is 0 Å². The number of benzene rings is 2. The second-order valence-corrected chi connectivity index (χ2v) is 12.3. The van der Waals surface area contributed by atoms with Crippen LogP contribution in [-0.2, 0) is 10.0 Å². The van der Waals surface area contributed by atoms with Crippen molar-refractivity contribution < 1.29 is 13.2 Å². The maximum atomic E-state index is 13.3. The standard InChI is InChI=1S/C26H33N5O3S/c1-18-4-9-25-24(15-18)27-28-31(25)22-10-12-30(13-11-22)35(33,34)23-7-5-21(6-8-23)26(32)29-16-19(2)14-20(3)17-29/h4-9,15,19-20,22H,10-14,16-17H2,1-3H3/t19-,20+. The molecule has 1 amide bonds. The molecule has 2 aromatic carbocycles. The van der Waals surface area contributed by atoms with Gasteiger partial charge in [-0.15, -0.1) is 5.10 Å². The second-order valence-electron chi connectivity index (χ2n) is 10.3. The maximum Gasteiger partial charge on any atom is 0.253 e. The molecule has 0 aliphatic carbocycles. The molecule has 0 bridgehead atoms. The highest BCUT2D eigenvalue weighted by Crippen LogP contribution is 2.29. The SMILES string of the molecule is Cc1ccc2c(c1)nnn2C1CCN(S(=O)(=O)c2ccc(C(=O)N3C[C@H](C)C[C@H](C)C3)cc2)CC1. The van der Waals surface area contributed by atoms with Crippen LogP contribution in [0.5, 0.6) is 0 Å². The summed E-state index contributed by atoms with van der Waals surface area (Å²) in [6.45, 7) is 8.70. The van der Waals surface area contributed by atoms with Crippen LogP contribution in [0.2, 0.25) is 0 Å². The van der Waals surface area contributed by atoms with E-state index in [2.05, 4.69) is 24.2 Å². The van der Waals surface area contributed by atoms with Gasteiger partial charge in [-0.05, 0) is 80.0 Å². The van der Waals surface area contributed by atoms with Gasteiger partial charge in [0.1, 0.15) is 5.52 Å². The number of nitrogens with zero attached hydrogens (tertiary/aromatic N) is 5. The summed E-state index contributed by atoms with van der Waals surface area (Å²) in [5.74, 6) is 0.929. The van der Waals surface area contributed by atoms with Gasteiger partial charge in [0, 0.05) is 31.7 Å². The minimum Gasteiger partial charge on any atom is -0.338 e. The van der Waals surface area contributed by atoms with Gasteiger partial charge in [0.15, 0.2) is 0 Å². The molecular weight excluding hydrogens is 462 g/mol. The lowest BCUT2D eigenvalue weighted by Crippen LogP contribution is -2.42. The first-order valence-electron chi connectivity index (χ1n) is 12.4. The number of piperidine rings is 2. The van der Waals surface area contributed by atoms with Crippen molar-refractivity contribution in [3.8, 4) is 0 Å². The fraction of sp³-hybridized carbons (Fsp3) is 0.500. The second kappa shape index (κ2) is 9.35. The number of aryl methyl sites for hydroxylation is 1. The van der Waals surface area contributed by atoms with Crippen LogP contribution in [0.3, 0.4) is 0 Å². The molecule has 35 heavy (non-hydrogen) atoms. The third-order valence-corrected chi connectivity index (χ3v) is 9.20. The first-order valence-corrected chi connectivity index (χ1v) is 13.9. The molecule has 186 valence electrons. The summed E-state index contributed by atoms with van der Waals surface area (Å²) in [4.78, 5) is 15.1. The van der Waals surface area contributed by atoms with Crippen molar-refractivity contribution in [2.45, 2.75) is 51.0 Å². The van der Waals surface area contributed by atoms with E-state index in [1.165, 1.54) is 4.31 Å². The molecule has 0 unspecified atom stereocenters. The number of hydrogen-bond donors (Lipinski definition) is 0. The maximum absolute atomic E-state index is 13.3. The Morgan fingerprint density at radius 2 is 1.63 bits per heavy atom. The van der Waals surface area contributed by atoms with Crippen LogP contribution in [0, 0.1) is 18.8 Å². The Kier molecular flexibility index (Phi) is 6.40. The van der Waals surface area contributed by atoms with Gasteiger partial charge in [-0.2, -0.15) is 4.31 Å². The van der Waals surface area contributed by atoms with Crippen molar-refractivity contribution in [1.29, 1.82) is 0 Å². The van der Waals surface area contributed by atoms with Crippen molar-refractivity contribution in [2.24, 2.45) is 11.8 Å². The molecule has 3 aromatic rings. The molecular formula is C26H33N5O3S. The van der Waals surface area contributed by atoms with Gasteiger partial charge >= 0.3 is 0 Å². The number of sulfonamides is 1. The summed E-state index contributed by atoms with van der Waals surface area (Å²) in [6, 6.07) is 12.6.